The van der Waals surface area contributed by atoms with Crippen molar-refractivity contribution < 1.29 is 0 Å². The van der Waals surface area contributed by atoms with E-state index in [2.05, 4.69) is 17.0 Å². The third kappa shape index (κ3) is 1.10. The molecule has 1 rings (SSSR count). The van der Waals surface area contributed by atoms with Gasteiger partial charge in [-0.25, -0.2) is 0 Å². The van der Waals surface area contributed by atoms with E-state index in [4.69, 9.17) is 23.2 Å². The normalized spacial score (nSPS) is 9.88. The van der Waals surface area contributed by atoms with Crippen LogP contribution in [-0.4, -0.2) is 4.37 Å². The van der Waals surface area contributed by atoms with Gasteiger partial charge in [0.15, 0.2) is 0 Å². The summed E-state index contributed by atoms with van der Waals surface area (Å²) in [7, 11) is 0. The van der Waals surface area contributed by atoms with E-state index >= 15 is 0 Å². The van der Waals surface area contributed by atoms with Crippen molar-refractivity contribution in [3.8, 4) is 0 Å². The van der Waals surface area contributed by atoms with E-state index in [9.17, 15) is 0 Å². The number of aromatic nitrogens is 1. The molecule has 1 aromatic rings. The van der Waals surface area contributed by atoms with Crippen LogP contribution in [0.4, 0.5) is 0 Å². The van der Waals surface area contributed by atoms with Crippen molar-refractivity contribution in [3.05, 3.63) is 9.36 Å². The number of nitrogens with zero attached hydrogens (tertiary/aromatic N) is 1. The Morgan fingerprint density at radius 1 is 1.50 bits per heavy atom. The van der Waals surface area contributed by atoms with Gasteiger partial charge in [-0.05, 0) is 11.5 Å². The summed E-state index contributed by atoms with van der Waals surface area (Å²) in [6.07, 6.45) is 0. The molecule has 0 amide bonds. The van der Waals surface area contributed by atoms with Gasteiger partial charge in [0, 0.05) is 0 Å². The molecule has 0 saturated heterocycles. The molecule has 1 aromatic heterocycles. The van der Waals surface area contributed by atoms with E-state index in [0.717, 1.165) is 11.5 Å². The maximum Gasteiger partial charge on any atom is 0.133 e. The van der Waals surface area contributed by atoms with E-state index in [0.29, 0.717) is 14.4 Å². The first kappa shape index (κ1) is 6.68. The lowest BCUT2D eigenvalue weighted by molar-refractivity contribution is 1.30. The fraction of sp³-hybridized carbons (Fsp3) is 0. The molecule has 0 fully saturated rings. The monoisotopic (exact) mass is 185 g/mol. The fourth-order valence-electron chi connectivity index (χ4n) is 0.251. The van der Waals surface area contributed by atoms with Gasteiger partial charge in [0.1, 0.15) is 14.4 Å². The first-order valence-corrected chi connectivity index (χ1v) is 3.69. The predicted octanol–water partition coefficient (Wildman–Crippen LogP) is 2.74. The van der Waals surface area contributed by atoms with Crippen LogP contribution >= 0.6 is 47.4 Å². The summed E-state index contributed by atoms with van der Waals surface area (Å²) < 4.78 is 4.25. The van der Waals surface area contributed by atoms with E-state index in [1.165, 1.54) is 0 Å². The second-order valence-corrected chi connectivity index (χ2v) is 3.27. The molecule has 1 nitrogen and oxygen atoms in total. The summed E-state index contributed by atoms with van der Waals surface area (Å²) in [5.74, 6) is 0. The number of rotatable bonds is 0. The van der Waals surface area contributed by atoms with Crippen LogP contribution in [0.3, 0.4) is 0 Å². The molecule has 1 heterocycles. The summed E-state index contributed by atoms with van der Waals surface area (Å²) in [4.78, 5) is 0. The molecule has 0 bridgehead atoms. The Morgan fingerprint density at radius 3 is 2.25 bits per heavy atom. The van der Waals surface area contributed by atoms with Crippen molar-refractivity contribution >= 4 is 47.4 Å². The number of hydrogen-bond acceptors (Lipinski definition) is 3. The third-order valence-electron chi connectivity index (χ3n) is 0.581. The second kappa shape index (κ2) is 2.43. The second-order valence-electron chi connectivity index (χ2n) is 1.09. The Bertz CT molecular complexity index is 178. The van der Waals surface area contributed by atoms with Crippen LogP contribution in [0.1, 0.15) is 0 Å². The molecule has 0 aliphatic carbocycles. The highest BCUT2D eigenvalue weighted by Gasteiger charge is 2.03. The van der Waals surface area contributed by atoms with Gasteiger partial charge in [0.05, 0.1) is 0 Å². The van der Waals surface area contributed by atoms with Crippen LogP contribution in [-0.2, 0) is 0 Å². The highest BCUT2D eigenvalue weighted by atomic mass is 35.5. The largest absolute Gasteiger partial charge is 0.183 e. The minimum Gasteiger partial charge on any atom is -0.183 e. The zero-order valence-electron chi connectivity index (χ0n) is 3.56. The zero-order valence-corrected chi connectivity index (χ0v) is 6.78. The van der Waals surface area contributed by atoms with Crippen LogP contribution in [0.2, 0.25) is 9.36 Å². The number of halogens is 2. The van der Waals surface area contributed by atoms with Crippen molar-refractivity contribution in [1.29, 1.82) is 0 Å². The highest BCUT2D eigenvalue weighted by Crippen LogP contribution is 2.30. The summed E-state index contributed by atoms with van der Waals surface area (Å²) in [5, 5.41) is 0.946. The summed E-state index contributed by atoms with van der Waals surface area (Å²) >= 11 is 16.1. The summed E-state index contributed by atoms with van der Waals surface area (Å²) in [5.41, 5.74) is 0. The molecule has 0 spiro atoms. The standard InChI is InChI=1S/C3HCl2NS2/c4-1-2(5)8-6-3(1)7/h(H,6,7). The van der Waals surface area contributed by atoms with Gasteiger partial charge in [0.2, 0.25) is 0 Å². The van der Waals surface area contributed by atoms with Crippen LogP contribution in [0.25, 0.3) is 0 Å². The Kier molecular flexibility index (Phi) is 2.03. The van der Waals surface area contributed by atoms with Gasteiger partial charge < -0.3 is 0 Å². The number of hydrogen-bond donors (Lipinski definition) is 1. The minimum absolute atomic E-state index is 0.444. The maximum absolute atomic E-state index is 5.53. The Labute approximate surface area is 66.2 Å². The van der Waals surface area contributed by atoms with Crippen molar-refractivity contribution in [1.82, 2.24) is 4.37 Å². The predicted molar refractivity (Wildman–Crippen MR) is 39.4 cm³/mol. The number of thiol groups is 1. The van der Waals surface area contributed by atoms with Gasteiger partial charge in [-0.3, -0.25) is 0 Å². The van der Waals surface area contributed by atoms with Crippen molar-refractivity contribution in [2.45, 2.75) is 5.03 Å². The van der Waals surface area contributed by atoms with Crippen molar-refractivity contribution in [3.63, 3.8) is 0 Å². The SMILES string of the molecule is Sc1nsc(Cl)c1Cl. The molecule has 8 heavy (non-hydrogen) atoms. The van der Waals surface area contributed by atoms with E-state index < -0.39 is 0 Å². The quantitative estimate of drug-likeness (QED) is 0.614. The molecule has 0 aliphatic heterocycles. The van der Waals surface area contributed by atoms with Crippen LogP contribution < -0.4 is 0 Å². The molecule has 0 atom stereocenters. The smallest absolute Gasteiger partial charge is 0.133 e. The minimum atomic E-state index is 0.444. The van der Waals surface area contributed by atoms with Gasteiger partial charge >= 0.3 is 0 Å². The van der Waals surface area contributed by atoms with Gasteiger partial charge in [-0.2, -0.15) is 4.37 Å². The lowest BCUT2D eigenvalue weighted by Crippen LogP contribution is -1.56. The molecule has 0 N–H and O–H groups in total. The van der Waals surface area contributed by atoms with Crippen LogP contribution in [0.15, 0.2) is 5.03 Å². The average molecular weight is 186 g/mol. The average Bonchev–Trinajstić information content (AvgIpc) is 1.98. The maximum atomic E-state index is 5.53. The summed E-state index contributed by atoms with van der Waals surface area (Å²) in [6, 6.07) is 0. The molecular weight excluding hydrogens is 185 g/mol. The van der Waals surface area contributed by atoms with E-state index in [1.54, 1.807) is 0 Å². The van der Waals surface area contributed by atoms with Crippen LogP contribution in [0.5, 0.6) is 0 Å². The van der Waals surface area contributed by atoms with E-state index in [-0.39, 0.29) is 0 Å². The molecule has 0 radical (unpaired) electrons. The topological polar surface area (TPSA) is 12.9 Å². The molecule has 0 unspecified atom stereocenters. The fourth-order valence-corrected chi connectivity index (χ4v) is 1.45. The van der Waals surface area contributed by atoms with Gasteiger partial charge in [0.25, 0.3) is 0 Å². The van der Waals surface area contributed by atoms with Crippen molar-refractivity contribution in [2.24, 2.45) is 0 Å². The van der Waals surface area contributed by atoms with Crippen molar-refractivity contribution in [2.75, 3.05) is 0 Å². The first-order valence-electron chi connectivity index (χ1n) is 1.71. The van der Waals surface area contributed by atoms with E-state index in [1.807, 2.05) is 0 Å². The third-order valence-corrected chi connectivity index (χ3v) is 2.78. The van der Waals surface area contributed by atoms with Crippen LogP contribution in [0, 0.1) is 0 Å². The molecule has 0 aromatic carbocycles. The summed E-state index contributed by atoms with van der Waals surface area (Å²) in [6.45, 7) is 0. The Hall–Kier alpha value is 0.560. The molecule has 44 valence electrons. The molecule has 0 saturated carbocycles. The highest BCUT2D eigenvalue weighted by molar-refractivity contribution is 7.80. The molecule has 0 aliphatic rings. The zero-order chi connectivity index (χ0) is 6.15. The first-order chi connectivity index (χ1) is 3.72. The lowest BCUT2D eigenvalue weighted by Gasteiger charge is -1.77. The Morgan fingerprint density at radius 2 is 2.12 bits per heavy atom. The Balaban J connectivity index is 3.19. The van der Waals surface area contributed by atoms with Gasteiger partial charge in [-0.1, -0.05) is 23.2 Å². The molecular formula is C3HCl2NS2. The molecule has 5 heteroatoms. The van der Waals surface area contributed by atoms with Gasteiger partial charge in [-0.15, -0.1) is 12.6 Å². The lowest BCUT2D eigenvalue weighted by atomic mass is 10.8.